The van der Waals surface area contributed by atoms with Gasteiger partial charge in [-0.25, -0.2) is 4.79 Å². The Kier molecular flexibility index (Phi) is 7.55. The zero-order valence-electron chi connectivity index (χ0n) is 11.5. The van der Waals surface area contributed by atoms with Crippen LogP contribution in [-0.4, -0.2) is 32.4 Å². The van der Waals surface area contributed by atoms with Crippen molar-refractivity contribution in [2.45, 2.75) is 31.3 Å². The molecule has 1 aromatic carbocycles. The number of hydrogen-bond acceptors (Lipinski definition) is 5. The minimum atomic E-state index is -0.548. The number of esters is 1. The van der Waals surface area contributed by atoms with Crippen LogP contribution >= 0.6 is 12.0 Å². The number of carbonyl (C=O) groups excluding carboxylic acids is 1. The van der Waals surface area contributed by atoms with Gasteiger partial charge in [0.2, 0.25) is 0 Å². The summed E-state index contributed by atoms with van der Waals surface area (Å²) in [6.45, 7) is 4.79. The van der Waals surface area contributed by atoms with Gasteiger partial charge in [-0.15, -0.1) is 0 Å². The highest BCUT2D eigenvalue weighted by Gasteiger charge is 2.18. The second-order valence-electron chi connectivity index (χ2n) is 3.97. The van der Waals surface area contributed by atoms with Crippen LogP contribution in [0.2, 0.25) is 0 Å². The summed E-state index contributed by atoms with van der Waals surface area (Å²) in [5.74, 6) is -0.356. The van der Waals surface area contributed by atoms with Gasteiger partial charge in [-0.3, -0.25) is 0 Å². The van der Waals surface area contributed by atoms with Crippen molar-refractivity contribution >= 4 is 18.0 Å². The molecule has 0 amide bonds. The predicted molar refractivity (Wildman–Crippen MR) is 75.0 cm³/mol. The average molecular weight is 284 g/mol. The van der Waals surface area contributed by atoms with Crippen LogP contribution in [0, 0.1) is 6.92 Å². The van der Waals surface area contributed by atoms with Gasteiger partial charge in [-0.2, -0.15) is 0 Å². The largest absolute Gasteiger partial charge is 0.467 e. The molecule has 19 heavy (non-hydrogen) atoms. The first-order valence-electron chi connectivity index (χ1n) is 6.23. The number of benzene rings is 1. The molecule has 1 unspecified atom stereocenters. The Balaban J connectivity index is 2.28. The molecule has 0 saturated heterocycles. The molecule has 106 valence electrons. The Labute approximate surface area is 118 Å². The molecule has 0 radical (unpaired) electrons. The van der Waals surface area contributed by atoms with Crippen LogP contribution in [0.15, 0.2) is 29.2 Å². The van der Waals surface area contributed by atoms with Gasteiger partial charge in [0.1, 0.15) is 0 Å². The topological polar surface area (TPSA) is 44.8 Å². The van der Waals surface area contributed by atoms with Crippen LogP contribution in [0.5, 0.6) is 0 Å². The Morgan fingerprint density at radius 3 is 2.58 bits per heavy atom. The average Bonchev–Trinajstić information content (AvgIpc) is 2.43. The van der Waals surface area contributed by atoms with Gasteiger partial charge in [0.25, 0.3) is 0 Å². The first-order chi connectivity index (χ1) is 9.17. The van der Waals surface area contributed by atoms with E-state index in [2.05, 4.69) is 4.74 Å². The van der Waals surface area contributed by atoms with E-state index >= 15 is 0 Å². The van der Waals surface area contributed by atoms with Crippen LogP contribution in [0.1, 0.15) is 18.9 Å². The van der Waals surface area contributed by atoms with E-state index in [-0.39, 0.29) is 5.97 Å². The van der Waals surface area contributed by atoms with Crippen LogP contribution in [-0.2, 0) is 18.5 Å². The molecule has 0 fully saturated rings. The molecule has 0 bridgehead atoms. The highest BCUT2D eigenvalue weighted by Crippen LogP contribution is 2.19. The lowest BCUT2D eigenvalue weighted by Crippen LogP contribution is -2.26. The van der Waals surface area contributed by atoms with Gasteiger partial charge < -0.3 is 13.7 Å². The molecule has 1 atom stereocenters. The van der Waals surface area contributed by atoms with Gasteiger partial charge in [0, 0.05) is 30.0 Å². The maximum Gasteiger partial charge on any atom is 0.335 e. The molecule has 0 spiro atoms. The molecule has 4 nitrogen and oxygen atoms in total. The molecule has 1 aromatic rings. The summed E-state index contributed by atoms with van der Waals surface area (Å²) in [5.41, 5.74) is 1.21. The maximum atomic E-state index is 11.4. The summed E-state index contributed by atoms with van der Waals surface area (Å²) in [6.07, 6.45) is -0.0621. The lowest BCUT2D eigenvalue weighted by molar-refractivity contribution is -0.154. The smallest absolute Gasteiger partial charge is 0.335 e. The summed E-state index contributed by atoms with van der Waals surface area (Å²) < 4.78 is 15.4. The van der Waals surface area contributed by atoms with E-state index in [1.165, 1.54) is 24.7 Å². The summed E-state index contributed by atoms with van der Waals surface area (Å²) >= 11 is 1.30. The van der Waals surface area contributed by atoms with E-state index in [0.29, 0.717) is 19.6 Å². The van der Waals surface area contributed by atoms with Gasteiger partial charge in [-0.05, 0) is 26.0 Å². The molecule has 0 N–H and O–H groups in total. The minimum absolute atomic E-state index is 0.356. The fraction of sp³-hybridized carbons (Fsp3) is 0.500. The van der Waals surface area contributed by atoms with E-state index in [0.717, 1.165) is 4.90 Å². The molecular weight excluding hydrogens is 264 g/mol. The van der Waals surface area contributed by atoms with Crippen LogP contribution < -0.4 is 0 Å². The van der Waals surface area contributed by atoms with Crippen molar-refractivity contribution in [1.82, 2.24) is 0 Å². The highest BCUT2D eigenvalue weighted by atomic mass is 32.2. The Hall–Kier alpha value is -1.04. The monoisotopic (exact) mass is 284 g/mol. The van der Waals surface area contributed by atoms with Crippen LogP contribution in [0.3, 0.4) is 0 Å². The Morgan fingerprint density at radius 2 is 2.00 bits per heavy atom. The van der Waals surface area contributed by atoms with E-state index in [1.54, 1.807) is 0 Å². The zero-order chi connectivity index (χ0) is 14.1. The van der Waals surface area contributed by atoms with Crippen molar-refractivity contribution in [1.29, 1.82) is 0 Å². The van der Waals surface area contributed by atoms with E-state index in [9.17, 15) is 4.79 Å². The SMILES string of the molecule is CCOC(CCOSc1ccc(C)cc1)C(=O)OC. The molecule has 0 heterocycles. The third-order valence-corrected chi connectivity index (χ3v) is 3.22. The quantitative estimate of drug-likeness (QED) is 0.417. The summed E-state index contributed by atoms with van der Waals surface area (Å²) in [4.78, 5) is 12.4. The first kappa shape index (κ1) is 16.0. The van der Waals surface area contributed by atoms with E-state index in [4.69, 9.17) is 8.92 Å². The minimum Gasteiger partial charge on any atom is -0.467 e. The lowest BCUT2D eigenvalue weighted by Gasteiger charge is -2.14. The third kappa shape index (κ3) is 6.09. The molecule has 1 rings (SSSR count). The number of rotatable bonds is 8. The van der Waals surface area contributed by atoms with Crippen molar-refractivity contribution in [3.05, 3.63) is 29.8 Å². The summed E-state index contributed by atoms with van der Waals surface area (Å²) in [6, 6.07) is 8.06. The number of ether oxygens (including phenoxy) is 2. The van der Waals surface area contributed by atoms with E-state index < -0.39 is 6.10 Å². The summed E-state index contributed by atoms with van der Waals surface area (Å²) in [5, 5.41) is 0. The zero-order valence-corrected chi connectivity index (χ0v) is 12.4. The number of methoxy groups -OCH3 is 1. The third-order valence-electron chi connectivity index (χ3n) is 2.47. The lowest BCUT2D eigenvalue weighted by atomic mass is 10.2. The fourth-order valence-corrected chi connectivity index (χ4v) is 2.02. The van der Waals surface area contributed by atoms with Crippen molar-refractivity contribution in [2.75, 3.05) is 20.3 Å². The van der Waals surface area contributed by atoms with Gasteiger partial charge in [0.05, 0.1) is 13.7 Å². The second-order valence-corrected chi connectivity index (χ2v) is 4.85. The summed E-state index contributed by atoms with van der Waals surface area (Å²) in [7, 11) is 1.36. The van der Waals surface area contributed by atoms with Crippen LogP contribution in [0.25, 0.3) is 0 Å². The van der Waals surface area contributed by atoms with Gasteiger partial charge >= 0.3 is 5.97 Å². The maximum absolute atomic E-state index is 11.4. The number of hydrogen-bond donors (Lipinski definition) is 0. The fourth-order valence-electron chi connectivity index (χ4n) is 1.46. The van der Waals surface area contributed by atoms with Crippen LogP contribution in [0.4, 0.5) is 0 Å². The Morgan fingerprint density at radius 1 is 1.32 bits per heavy atom. The molecule has 0 saturated carbocycles. The number of aryl methyl sites for hydroxylation is 1. The molecule has 0 aliphatic heterocycles. The molecule has 0 aromatic heterocycles. The Bertz CT molecular complexity index is 378. The normalized spacial score (nSPS) is 12.2. The first-order valence-corrected chi connectivity index (χ1v) is 6.97. The molecular formula is C14H20O4S. The molecule has 0 aliphatic rings. The molecule has 5 heteroatoms. The number of carbonyl (C=O) groups is 1. The highest BCUT2D eigenvalue weighted by molar-refractivity contribution is 7.94. The van der Waals surface area contributed by atoms with Gasteiger partial charge in [-0.1, -0.05) is 17.7 Å². The van der Waals surface area contributed by atoms with Crippen molar-refractivity contribution in [2.24, 2.45) is 0 Å². The second kappa shape index (κ2) is 8.96. The predicted octanol–water partition coefficient (Wildman–Crippen LogP) is 2.99. The van der Waals surface area contributed by atoms with Crippen molar-refractivity contribution in [3.8, 4) is 0 Å². The van der Waals surface area contributed by atoms with Crippen molar-refractivity contribution in [3.63, 3.8) is 0 Å². The standard InChI is InChI=1S/C14H20O4S/c1-4-17-13(14(15)16-3)9-10-18-19-12-7-5-11(2)6-8-12/h5-8,13H,4,9-10H2,1-3H3. The van der Waals surface area contributed by atoms with Crippen molar-refractivity contribution < 1.29 is 18.5 Å². The molecule has 0 aliphatic carbocycles. The van der Waals surface area contributed by atoms with Gasteiger partial charge in [0.15, 0.2) is 6.10 Å². The van der Waals surface area contributed by atoms with E-state index in [1.807, 2.05) is 38.1 Å².